The van der Waals surface area contributed by atoms with Gasteiger partial charge in [-0.2, -0.15) is 0 Å². The molecule has 1 aromatic carbocycles. The van der Waals surface area contributed by atoms with Crippen LogP contribution in [0.3, 0.4) is 0 Å². The third kappa shape index (κ3) is 1.73. The third-order valence-electron chi connectivity index (χ3n) is 2.64. The molecule has 1 aromatic rings. The molecule has 2 rings (SSSR count). The summed E-state index contributed by atoms with van der Waals surface area (Å²) in [6, 6.07) is 5.69. The van der Waals surface area contributed by atoms with Gasteiger partial charge >= 0.3 is 5.97 Å². The Labute approximate surface area is 88.0 Å². The Morgan fingerprint density at radius 3 is 2.87 bits per heavy atom. The van der Waals surface area contributed by atoms with Gasteiger partial charge < -0.3 is 9.84 Å². The van der Waals surface area contributed by atoms with Gasteiger partial charge in [0.2, 0.25) is 0 Å². The summed E-state index contributed by atoms with van der Waals surface area (Å²) in [5.41, 5.74) is 2.53. The van der Waals surface area contributed by atoms with Crippen molar-refractivity contribution in [2.45, 2.75) is 12.8 Å². The van der Waals surface area contributed by atoms with Gasteiger partial charge in [0, 0.05) is 11.1 Å². The zero-order chi connectivity index (χ0) is 10.8. The molecule has 3 heteroatoms. The molecular weight excluding hydrogens is 192 g/mol. The molecule has 0 aliphatic heterocycles. The standard InChI is InChI=1S/C12H12O3/c1-15-11-4-2-3-8-7-9(12(13)14)5-6-10(8)11/h2-4,7H,5-6H2,1H3,(H,13,14). The summed E-state index contributed by atoms with van der Waals surface area (Å²) >= 11 is 0. The maximum atomic E-state index is 10.8. The summed E-state index contributed by atoms with van der Waals surface area (Å²) in [6.07, 6.45) is 3.03. The lowest BCUT2D eigenvalue weighted by molar-refractivity contribution is -0.132. The first-order valence-electron chi connectivity index (χ1n) is 4.82. The summed E-state index contributed by atoms with van der Waals surface area (Å²) < 4.78 is 5.23. The molecule has 0 saturated carbocycles. The van der Waals surface area contributed by atoms with Crippen LogP contribution >= 0.6 is 0 Å². The molecule has 1 N–H and O–H groups in total. The fourth-order valence-electron chi connectivity index (χ4n) is 1.86. The molecule has 0 radical (unpaired) electrons. The van der Waals surface area contributed by atoms with E-state index in [2.05, 4.69) is 0 Å². The highest BCUT2D eigenvalue weighted by Gasteiger charge is 2.17. The van der Waals surface area contributed by atoms with Crippen LogP contribution in [0.2, 0.25) is 0 Å². The van der Waals surface area contributed by atoms with Crippen molar-refractivity contribution in [1.82, 2.24) is 0 Å². The number of carboxylic acids is 1. The smallest absolute Gasteiger partial charge is 0.331 e. The van der Waals surface area contributed by atoms with Gasteiger partial charge in [0.25, 0.3) is 0 Å². The van der Waals surface area contributed by atoms with Crippen LogP contribution in [0.15, 0.2) is 23.8 Å². The Bertz CT molecular complexity index is 432. The van der Waals surface area contributed by atoms with E-state index in [0.29, 0.717) is 12.0 Å². The second-order valence-electron chi connectivity index (χ2n) is 3.50. The van der Waals surface area contributed by atoms with E-state index in [-0.39, 0.29) is 0 Å². The largest absolute Gasteiger partial charge is 0.496 e. The van der Waals surface area contributed by atoms with Crippen LogP contribution in [-0.4, -0.2) is 18.2 Å². The molecule has 0 atom stereocenters. The minimum Gasteiger partial charge on any atom is -0.496 e. The summed E-state index contributed by atoms with van der Waals surface area (Å²) in [6.45, 7) is 0. The Balaban J connectivity index is 2.48. The van der Waals surface area contributed by atoms with Crippen LogP contribution in [0.5, 0.6) is 5.75 Å². The lowest BCUT2D eigenvalue weighted by Gasteiger charge is -2.16. The van der Waals surface area contributed by atoms with E-state index in [1.54, 1.807) is 13.2 Å². The number of aliphatic carboxylic acids is 1. The molecule has 0 amide bonds. The van der Waals surface area contributed by atoms with Gasteiger partial charge in [-0.25, -0.2) is 4.79 Å². The molecule has 0 aromatic heterocycles. The summed E-state index contributed by atoms with van der Waals surface area (Å²) in [7, 11) is 1.63. The molecule has 0 spiro atoms. The van der Waals surface area contributed by atoms with Crippen LogP contribution in [0, 0.1) is 0 Å². The monoisotopic (exact) mass is 204 g/mol. The fraction of sp³-hybridized carbons (Fsp3) is 0.250. The van der Waals surface area contributed by atoms with Crippen molar-refractivity contribution >= 4 is 12.0 Å². The zero-order valence-electron chi connectivity index (χ0n) is 8.49. The van der Waals surface area contributed by atoms with Crippen molar-refractivity contribution in [1.29, 1.82) is 0 Å². The van der Waals surface area contributed by atoms with Crippen LogP contribution in [0.4, 0.5) is 0 Å². The van der Waals surface area contributed by atoms with Gasteiger partial charge in [-0.15, -0.1) is 0 Å². The second kappa shape index (κ2) is 3.77. The van der Waals surface area contributed by atoms with E-state index in [1.165, 1.54) is 0 Å². The maximum absolute atomic E-state index is 10.8. The van der Waals surface area contributed by atoms with E-state index in [1.807, 2.05) is 18.2 Å². The van der Waals surface area contributed by atoms with Crippen molar-refractivity contribution in [3.05, 3.63) is 34.9 Å². The molecule has 0 fully saturated rings. The third-order valence-corrected chi connectivity index (χ3v) is 2.64. The molecule has 0 bridgehead atoms. The number of rotatable bonds is 2. The van der Waals surface area contributed by atoms with Crippen molar-refractivity contribution in [2.24, 2.45) is 0 Å². The highest BCUT2D eigenvalue weighted by Crippen LogP contribution is 2.30. The zero-order valence-corrected chi connectivity index (χ0v) is 8.49. The SMILES string of the molecule is COc1cccc2c1CCC(C(=O)O)=C2. The summed E-state index contributed by atoms with van der Waals surface area (Å²) in [5, 5.41) is 8.89. The molecule has 78 valence electrons. The predicted molar refractivity (Wildman–Crippen MR) is 56.9 cm³/mol. The fourth-order valence-corrected chi connectivity index (χ4v) is 1.86. The number of methoxy groups -OCH3 is 1. The van der Waals surface area contributed by atoms with Crippen LogP contribution < -0.4 is 4.74 Å². The quantitative estimate of drug-likeness (QED) is 0.802. The predicted octanol–water partition coefficient (Wildman–Crippen LogP) is 2.11. The van der Waals surface area contributed by atoms with Gasteiger partial charge in [0.15, 0.2) is 0 Å². The number of benzene rings is 1. The minimum atomic E-state index is -0.830. The topological polar surface area (TPSA) is 46.5 Å². The summed E-state index contributed by atoms with van der Waals surface area (Å²) in [5.74, 6) is 0.0108. The molecule has 3 nitrogen and oxygen atoms in total. The van der Waals surface area contributed by atoms with Crippen molar-refractivity contribution in [3.8, 4) is 5.75 Å². The highest BCUT2D eigenvalue weighted by atomic mass is 16.5. The van der Waals surface area contributed by atoms with Crippen molar-refractivity contribution in [2.75, 3.05) is 7.11 Å². The average Bonchev–Trinajstić information content (AvgIpc) is 2.27. The van der Waals surface area contributed by atoms with E-state index in [4.69, 9.17) is 9.84 Å². The van der Waals surface area contributed by atoms with Gasteiger partial charge in [-0.1, -0.05) is 12.1 Å². The highest BCUT2D eigenvalue weighted by molar-refractivity contribution is 5.93. The van der Waals surface area contributed by atoms with E-state index in [0.717, 1.165) is 23.3 Å². The minimum absolute atomic E-state index is 0.468. The van der Waals surface area contributed by atoms with Gasteiger partial charge in [0.1, 0.15) is 5.75 Å². The molecule has 15 heavy (non-hydrogen) atoms. The number of fused-ring (bicyclic) bond motifs is 1. The second-order valence-corrected chi connectivity index (χ2v) is 3.50. The maximum Gasteiger partial charge on any atom is 0.331 e. The number of hydrogen-bond donors (Lipinski definition) is 1. The number of carboxylic acid groups (broad SMARTS) is 1. The molecule has 0 saturated heterocycles. The first kappa shape index (κ1) is 9.77. The Hall–Kier alpha value is -1.77. The van der Waals surface area contributed by atoms with Crippen molar-refractivity contribution in [3.63, 3.8) is 0 Å². The van der Waals surface area contributed by atoms with E-state index >= 15 is 0 Å². The molecule has 1 aliphatic rings. The van der Waals surface area contributed by atoms with E-state index in [9.17, 15) is 4.79 Å². The van der Waals surface area contributed by atoms with Crippen LogP contribution in [0.25, 0.3) is 6.08 Å². The van der Waals surface area contributed by atoms with Gasteiger partial charge in [0.05, 0.1) is 7.11 Å². The van der Waals surface area contributed by atoms with Crippen LogP contribution in [0.1, 0.15) is 17.5 Å². The number of carbonyl (C=O) groups is 1. The lowest BCUT2D eigenvalue weighted by Crippen LogP contribution is -2.08. The normalized spacial score (nSPS) is 14.1. The molecule has 0 heterocycles. The number of hydrogen-bond acceptors (Lipinski definition) is 2. The Morgan fingerprint density at radius 1 is 1.40 bits per heavy atom. The van der Waals surface area contributed by atoms with Crippen LogP contribution in [-0.2, 0) is 11.2 Å². The average molecular weight is 204 g/mol. The molecular formula is C12H12O3. The number of ether oxygens (including phenoxy) is 1. The van der Waals surface area contributed by atoms with Gasteiger partial charge in [-0.3, -0.25) is 0 Å². The first-order chi connectivity index (χ1) is 7.22. The first-order valence-corrected chi connectivity index (χ1v) is 4.82. The lowest BCUT2D eigenvalue weighted by atomic mass is 9.91. The molecule has 1 aliphatic carbocycles. The molecule has 0 unspecified atom stereocenters. The summed E-state index contributed by atoms with van der Waals surface area (Å²) in [4.78, 5) is 10.8. The Kier molecular flexibility index (Phi) is 2.46. The Morgan fingerprint density at radius 2 is 2.20 bits per heavy atom. The van der Waals surface area contributed by atoms with E-state index < -0.39 is 5.97 Å². The van der Waals surface area contributed by atoms with Crippen molar-refractivity contribution < 1.29 is 14.6 Å². The van der Waals surface area contributed by atoms with Gasteiger partial charge in [-0.05, 0) is 30.5 Å².